The van der Waals surface area contributed by atoms with Crippen molar-refractivity contribution in [3.8, 4) is 0 Å². The third-order valence-electron chi connectivity index (χ3n) is 5.32. The van der Waals surface area contributed by atoms with Crippen LogP contribution in [0.3, 0.4) is 0 Å². The Morgan fingerprint density at radius 1 is 1.17 bits per heavy atom. The number of amides is 1. The molecule has 0 saturated carbocycles. The van der Waals surface area contributed by atoms with Crippen molar-refractivity contribution in [3.05, 3.63) is 43.6 Å². The first-order valence-electron chi connectivity index (χ1n) is 9.87. The maximum absolute atomic E-state index is 13.4. The molecule has 0 aliphatic carbocycles. The minimum Gasteiger partial charge on any atom is -0.379 e. The van der Waals surface area contributed by atoms with Gasteiger partial charge in [0.1, 0.15) is 4.34 Å². The number of aryl methyl sites for hydroxylation is 2. The van der Waals surface area contributed by atoms with Crippen molar-refractivity contribution in [1.82, 2.24) is 9.88 Å². The van der Waals surface area contributed by atoms with Gasteiger partial charge < -0.3 is 4.74 Å². The van der Waals surface area contributed by atoms with Crippen LogP contribution in [-0.4, -0.2) is 55.2 Å². The summed E-state index contributed by atoms with van der Waals surface area (Å²) in [5.41, 5.74) is 3.76. The molecule has 1 amide bonds. The zero-order chi connectivity index (χ0) is 21.3. The minimum absolute atomic E-state index is 0.155. The van der Waals surface area contributed by atoms with Crippen LogP contribution in [0.4, 0.5) is 5.13 Å². The molecule has 0 atom stereocenters. The molecule has 4 rings (SSSR count). The van der Waals surface area contributed by atoms with Crippen LogP contribution in [0.15, 0.2) is 18.2 Å². The molecule has 1 aromatic carbocycles. The van der Waals surface area contributed by atoms with Crippen LogP contribution in [-0.2, 0) is 4.74 Å². The minimum atomic E-state index is -0.155. The van der Waals surface area contributed by atoms with Crippen molar-refractivity contribution in [2.75, 3.05) is 44.3 Å². The Morgan fingerprint density at radius 3 is 2.60 bits per heavy atom. The van der Waals surface area contributed by atoms with Crippen molar-refractivity contribution >= 4 is 67.1 Å². The number of fused-ring (bicyclic) bond motifs is 1. The lowest BCUT2D eigenvalue weighted by Gasteiger charge is -2.27. The Hall–Kier alpha value is -1.22. The molecule has 0 spiro atoms. The van der Waals surface area contributed by atoms with E-state index in [1.165, 1.54) is 33.8 Å². The Kier molecular flexibility index (Phi) is 6.97. The third kappa shape index (κ3) is 4.82. The summed E-state index contributed by atoms with van der Waals surface area (Å²) in [4.78, 5) is 22.3. The molecule has 5 nitrogen and oxygen atoms in total. The van der Waals surface area contributed by atoms with Gasteiger partial charge in [0.25, 0.3) is 5.91 Å². The zero-order valence-corrected chi connectivity index (χ0v) is 20.1. The number of morpholine rings is 1. The Bertz CT molecular complexity index is 1020. The van der Waals surface area contributed by atoms with Gasteiger partial charge in [-0.15, -0.1) is 11.3 Å². The molecule has 1 aliphatic rings. The van der Waals surface area contributed by atoms with E-state index in [9.17, 15) is 4.79 Å². The van der Waals surface area contributed by atoms with Crippen molar-refractivity contribution in [2.24, 2.45) is 0 Å². The topological polar surface area (TPSA) is 45.7 Å². The van der Waals surface area contributed by atoms with Crippen molar-refractivity contribution in [2.45, 2.75) is 20.3 Å². The van der Waals surface area contributed by atoms with Crippen molar-refractivity contribution in [1.29, 1.82) is 0 Å². The monoisotopic (exact) mass is 483 g/mol. The van der Waals surface area contributed by atoms with E-state index in [0.29, 0.717) is 25.9 Å². The van der Waals surface area contributed by atoms with Crippen LogP contribution < -0.4 is 4.90 Å². The molecule has 3 aromatic rings. The molecule has 0 unspecified atom stereocenters. The SMILES string of the molecule is Cc1cc2nc(N(CCCN3CCOCC3)C(=O)c3cc(Cl)sc3Cl)sc2cc1C. The lowest BCUT2D eigenvalue weighted by Crippen LogP contribution is -2.39. The number of ether oxygens (including phenoxy) is 1. The number of benzene rings is 1. The fourth-order valence-corrected chi connectivity index (χ4v) is 5.99. The highest BCUT2D eigenvalue weighted by Crippen LogP contribution is 2.35. The van der Waals surface area contributed by atoms with E-state index in [-0.39, 0.29) is 5.91 Å². The number of carbonyl (C=O) groups is 1. The molecule has 9 heteroatoms. The molecule has 2 aromatic heterocycles. The first-order valence-corrected chi connectivity index (χ1v) is 12.3. The van der Waals surface area contributed by atoms with E-state index in [0.717, 1.165) is 49.5 Å². The van der Waals surface area contributed by atoms with Crippen LogP contribution in [0.25, 0.3) is 10.2 Å². The number of thiophene rings is 1. The predicted octanol–water partition coefficient (Wildman–Crippen LogP) is 5.65. The fraction of sp³-hybridized carbons (Fsp3) is 0.429. The molecule has 0 bridgehead atoms. The van der Waals surface area contributed by atoms with Gasteiger partial charge in [0.2, 0.25) is 0 Å². The number of nitrogens with zero attached hydrogens (tertiary/aromatic N) is 3. The zero-order valence-electron chi connectivity index (χ0n) is 16.9. The van der Waals surface area contributed by atoms with Gasteiger partial charge in [0.15, 0.2) is 5.13 Å². The Morgan fingerprint density at radius 2 is 1.90 bits per heavy atom. The first kappa shape index (κ1) is 22.0. The van der Waals surface area contributed by atoms with Gasteiger partial charge in [-0.2, -0.15) is 0 Å². The summed E-state index contributed by atoms with van der Waals surface area (Å²) >= 11 is 15.1. The van der Waals surface area contributed by atoms with Gasteiger partial charge in [0, 0.05) is 26.2 Å². The number of anilines is 1. The van der Waals surface area contributed by atoms with Crippen molar-refractivity contribution in [3.63, 3.8) is 0 Å². The smallest absolute Gasteiger partial charge is 0.262 e. The molecule has 1 saturated heterocycles. The summed E-state index contributed by atoms with van der Waals surface area (Å²) in [6.07, 6.45) is 0.842. The second kappa shape index (κ2) is 9.51. The van der Waals surface area contributed by atoms with Gasteiger partial charge >= 0.3 is 0 Å². The number of carbonyl (C=O) groups excluding carboxylic acids is 1. The van der Waals surface area contributed by atoms with Gasteiger partial charge in [-0.1, -0.05) is 34.5 Å². The van der Waals surface area contributed by atoms with Crippen LogP contribution in [0.2, 0.25) is 8.67 Å². The number of thiazole rings is 1. The number of rotatable bonds is 6. The van der Waals surface area contributed by atoms with Gasteiger partial charge in [-0.3, -0.25) is 14.6 Å². The number of hydrogen-bond donors (Lipinski definition) is 0. The predicted molar refractivity (Wildman–Crippen MR) is 127 cm³/mol. The summed E-state index contributed by atoms with van der Waals surface area (Å²) in [7, 11) is 0. The number of halogens is 2. The lowest BCUT2D eigenvalue weighted by atomic mass is 10.1. The second-order valence-electron chi connectivity index (χ2n) is 7.40. The van der Waals surface area contributed by atoms with E-state index in [1.807, 2.05) is 0 Å². The summed E-state index contributed by atoms with van der Waals surface area (Å²) in [6.45, 7) is 9.04. The average Bonchev–Trinajstić information content (AvgIpc) is 3.27. The van der Waals surface area contributed by atoms with Crippen LogP contribution in [0.5, 0.6) is 0 Å². The summed E-state index contributed by atoms with van der Waals surface area (Å²) in [5, 5.41) is 0.695. The summed E-state index contributed by atoms with van der Waals surface area (Å²) < 4.78 is 7.42. The van der Waals surface area contributed by atoms with E-state index >= 15 is 0 Å². The quantitative estimate of drug-likeness (QED) is 0.454. The first-order chi connectivity index (χ1) is 14.4. The van der Waals surface area contributed by atoms with Gasteiger partial charge in [-0.05, 0) is 49.6 Å². The average molecular weight is 484 g/mol. The van der Waals surface area contributed by atoms with Gasteiger partial charge in [0.05, 0.1) is 33.3 Å². The summed E-state index contributed by atoms with van der Waals surface area (Å²) in [6, 6.07) is 5.86. The highest BCUT2D eigenvalue weighted by Gasteiger charge is 2.25. The standard InChI is InChI=1S/C21H23Cl2N3O2S2/c1-13-10-16-17(11-14(13)2)29-21(24-16)26(5-3-4-25-6-8-28-9-7-25)20(27)15-12-18(22)30-19(15)23/h10-12H,3-9H2,1-2H3. The highest BCUT2D eigenvalue weighted by molar-refractivity contribution is 7.22. The molecule has 1 fully saturated rings. The van der Waals surface area contributed by atoms with E-state index < -0.39 is 0 Å². The summed E-state index contributed by atoms with van der Waals surface area (Å²) in [5.74, 6) is -0.155. The highest BCUT2D eigenvalue weighted by atomic mass is 35.5. The van der Waals surface area contributed by atoms with E-state index in [2.05, 4.69) is 30.9 Å². The molecule has 3 heterocycles. The van der Waals surface area contributed by atoms with Crippen LogP contribution in [0.1, 0.15) is 27.9 Å². The Labute approximate surface area is 194 Å². The molecule has 30 heavy (non-hydrogen) atoms. The van der Waals surface area contributed by atoms with Crippen LogP contribution >= 0.6 is 45.9 Å². The number of hydrogen-bond acceptors (Lipinski definition) is 6. The Balaban J connectivity index is 1.60. The molecule has 0 radical (unpaired) electrons. The van der Waals surface area contributed by atoms with Crippen molar-refractivity contribution < 1.29 is 9.53 Å². The molecular weight excluding hydrogens is 461 g/mol. The van der Waals surface area contributed by atoms with Crippen LogP contribution in [0, 0.1) is 13.8 Å². The molecular formula is C21H23Cl2N3O2S2. The molecule has 0 N–H and O–H groups in total. The van der Waals surface area contributed by atoms with E-state index in [1.54, 1.807) is 11.0 Å². The molecule has 1 aliphatic heterocycles. The van der Waals surface area contributed by atoms with Gasteiger partial charge in [-0.25, -0.2) is 4.98 Å². The maximum atomic E-state index is 13.4. The lowest BCUT2D eigenvalue weighted by molar-refractivity contribution is 0.0376. The number of aromatic nitrogens is 1. The maximum Gasteiger partial charge on any atom is 0.262 e. The normalized spacial score (nSPS) is 15.1. The molecule has 160 valence electrons. The largest absolute Gasteiger partial charge is 0.379 e. The third-order valence-corrected chi connectivity index (χ3v) is 7.84. The fourth-order valence-electron chi connectivity index (χ4n) is 3.48. The second-order valence-corrected chi connectivity index (χ2v) is 10.7. The van der Waals surface area contributed by atoms with E-state index in [4.69, 9.17) is 32.9 Å².